The van der Waals surface area contributed by atoms with Crippen LogP contribution in [0.1, 0.15) is 114 Å². The van der Waals surface area contributed by atoms with Crippen LogP contribution in [0.5, 0.6) is 0 Å². The third kappa shape index (κ3) is 5.76. The highest BCUT2D eigenvalue weighted by Gasteiger charge is 2.34. The zero-order valence-electron chi connectivity index (χ0n) is 16.1. The van der Waals surface area contributed by atoms with Crippen LogP contribution < -0.4 is 0 Å². The number of hydrogen-bond acceptors (Lipinski definition) is 1. The molecule has 0 unspecified atom stereocenters. The highest BCUT2D eigenvalue weighted by Crippen LogP contribution is 2.46. The minimum Gasteiger partial charge on any atom is -0.144 e. The second kappa shape index (κ2) is 11.1. The molecule has 0 bridgehead atoms. The molecule has 1 heterocycles. The fraction of sp³-hybridized carbons (Fsp3) is 0.739. The van der Waals surface area contributed by atoms with Crippen molar-refractivity contribution in [3.05, 3.63) is 28.0 Å². The Balaban J connectivity index is 1.79. The van der Waals surface area contributed by atoms with Crippen LogP contribution in [-0.4, -0.2) is 0 Å². The van der Waals surface area contributed by atoms with Crippen molar-refractivity contribution in [2.45, 2.75) is 109 Å². The molecular weight excluding hydrogens is 308 g/mol. The lowest BCUT2D eigenvalue weighted by molar-refractivity contribution is 0.408. The fourth-order valence-electron chi connectivity index (χ4n) is 4.19. The third-order valence-corrected chi connectivity index (χ3v) is 6.62. The van der Waals surface area contributed by atoms with Crippen molar-refractivity contribution in [1.29, 1.82) is 0 Å². The number of rotatable bonds is 14. The van der Waals surface area contributed by atoms with Crippen LogP contribution in [0.2, 0.25) is 0 Å². The van der Waals surface area contributed by atoms with Gasteiger partial charge in [0, 0.05) is 10.3 Å². The molecule has 0 aliphatic heterocycles. The minimum atomic E-state index is 0.380. The zero-order valence-corrected chi connectivity index (χ0v) is 16.9. The van der Waals surface area contributed by atoms with Crippen molar-refractivity contribution in [3.8, 4) is 0 Å². The van der Waals surface area contributed by atoms with Gasteiger partial charge in [-0.1, -0.05) is 97.0 Å². The minimum absolute atomic E-state index is 0.380. The molecular formula is C23H38S. The molecule has 1 aromatic heterocycles. The summed E-state index contributed by atoms with van der Waals surface area (Å²) in [5.41, 5.74) is 2.03. The van der Waals surface area contributed by atoms with Crippen LogP contribution in [0.15, 0.2) is 17.5 Å². The second-order valence-electron chi connectivity index (χ2n) is 7.72. The normalized spacial score (nSPS) is 15.1. The largest absolute Gasteiger partial charge is 0.144 e. The molecule has 0 amide bonds. The SMILES string of the molecule is CCCCCCCCC1(CCCCCCCC)C=Cc2sccc21. The predicted molar refractivity (Wildman–Crippen MR) is 111 cm³/mol. The summed E-state index contributed by atoms with van der Waals surface area (Å²) in [6, 6.07) is 2.41. The number of thiophene rings is 1. The molecule has 0 saturated heterocycles. The van der Waals surface area contributed by atoms with Crippen molar-refractivity contribution in [2.24, 2.45) is 0 Å². The van der Waals surface area contributed by atoms with E-state index in [0.717, 1.165) is 0 Å². The van der Waals surface area contributed by atoms with E-state index >= 15 is 0 Å². The fourth-order valence-corrected chi connectivity index (χ4v) is 5.08. The van der Waals surface area contributed by atoms with Crippen LogP contribution in [0.25, 0.3) is 6.08 Å². The van der Waals surface area contributed by atoms with Gasteiger partial charge in [0.15, 0.2) is 0 Å². The molecule has 0 spiro atoms. The molecule has 2 rings (SSSR count). The Bertz CT molecular complexity index is 452. The van der Waals surface area contributed by atoms with Crippen LogP contribution in [0.3, 0.4) is 0 Å². The third-order valence-electron chi connectivity index (χ3n) is 5.74. The first-order valence-corrected chi connectivity index (χ1v) is 11.5. The molecule has 0 saturated carbocycles. The topological polar surface area (TPSA) is 0 Å². The summed E-state index contributed by atoms with van der Waals surface area (Å²) in [5.74, 6) is 0. The van der Waals surface area contributed by atoms with E-state index in [-0.39, 0.29) is 0 Å². The smallest absolute Gasteiger partial charge is 0.0308 e. The van der Waals surface area contributed by atoms with E-state index in [4.69, 9.17) is 0 Å². The lowest BCUT2D eigenvalue weighted by Gasteiger charge is -2.29. The Morgan fingerprint density at radius 3 is 1.88 bits per heavy atom. The molecule has 1 heteroatoms. The summed E-state index contributed by atoms with van der Waals surface area (Å²) in [5, 5.41) is 2.30. The van der Waals surface area contributed by atoms with Crippen LogP contribution in [0, 0.1) is 0 Å². The van der Waals surface area contributed by atoms with Gasteiger partial charge in [-0.05, 0) is 35.9 Å². The van der Waals surface area contributed by atoms with Gasteiger partial charge in [-0.25, -0.2) is 0 Å². The standard InChI is InChI=1S/C23H38S/c1-3-5-7-9-11-13-17-23(18-14-12-10-8-6-4-2)19-15-22-21(23)16-20-24-22/h15-16,19-20H,3-14,17-18H2,1-2H3. The van der Waals surface area contributed by atoms with Gasteiger partial charge in [-0.15, -0.1) is 11.3 Å². The van der Waals surface area contributed by atoms with Gasteiger partial charge in [-0.2, -0.15) is 0 Å². The molecule has 0 fully saturated rings. The summed E-state index contributed by atoms with van der Waals surface area (Å²) in [7, 11) is 0. The highest BCUT2D eigenvalue weighted by atomic mass is 32.1. The average molecular weight is 347 g/mol. The van der Waals surface area contributed by atoms with Crippen molar-refractivity contribution < 1.29 is 0 Å². The Morgan fingerprint density at radius 1 is 0.750 bits per heavy atom. The van der Waals surface area contributed by atoms with E-state index in [2.05, 4.69) is 37.4 Å². The lowest BCUT2D eigenvalue weighted by Crippen LogP contribution is -2.21. The van der Waals surface area contributed by atoms with E-state index in [1.54, 1.807) is 5.56 Å². The van der Waals surface area contributed by atoms with Crippen molar-refractivity contribution in [2.75, 3.05) is 0 Å². The van der Waals surface area contributed by atoms with Crippen LogP contribution in [-0.2, 0) is 5.41 Å². The van der Waals surface area contributed by atoms with Gasteiger partial charge in [0.1, 0.15) is 0 Å². The van der Waals surface area contributed by atoms with Crippen molar-refractivity contribution in [1.82, 2.24) is 0 Å². The van der Waals surface area contributed by atoms with E-state index in [1.165, 1.54) is 94.8 Å². The summed E-state index contributed by atoms with van der Waals surface area (Å²) < 4.78 is 0. The molecule has 0 aromatic carbocycles. The zero-order chi connectivity index (χ0) is 17.1. The number of fused-ring (bicyclic) bond motifs is 1. The Kier molecular flexibility index (Phi) is 9.17. The van der Waals surface area contributed by atoms with E-state index in [0.29, 0.717) is 5.41 Å². The second-order valence-corrected chi connectivity index (χ2v) is 8.67. The maximum absolute atomic E-state index is 2.56. The molecule has 1 aliphatic rings. The molecule has 1 aromatic rings. The first-order valence-electron chi connectivity index (χ1n) is 10.6. The van der Waals surface area contributed by atoms with E-state index in [9.17, 15) is 0 Å². The molecule has 1 aliphatic carbocycles. The van der Waals surface area contributed by atoms with E-state index in [1.807, 2.05) is 11.3 Å². The average Bonchev–Trinajstić information content (AvgIpc) is 3.18. The summed E-state index contributed by atoms with van der Waals surface area (Å²) >= 11 is 1.93. The number of hydrogen-bond donors (Lipinski definition) is 0. The van der Waals surface area contributed by atoms with Gasteiger partial charge >= 0.3 is 0 Å². The Labute approximate surface area is 154 Å². The van der Waals surface area contributed by atoms with Crippen LogP contribution >= 0.6 is 11.3 Å². The first-order chi connectivity index (χ1) is 11.8. The lowest BCUT2D eigenvalue weighted by atomic mass is 9.75. The van der Waals surface area contributed by atoms with Gasteiger partial charge in [0.25, 0.3) is 0 Å². The summed E-state index contributed by atoms with van der Waals surface area (Å²) in [6.07, 6.45) is 24.6. The molecule has 0 N–H and O–H groups in total. The molecule has 0 radical (unpaired) electrons. The Hall–Kier alpha value is -0.560. The van der Waals surface area contributed by atoms with Crippen LogP contribution in [0.4, 0.5) is 0 Å². The van der Waals surface area contributed by atoms with Crippen molar-refractivity contribution in [3.63, 3.8) is 0 Å². The highest BCUT2D eigenvalue weighted by molar-refractivity contribution is 7.11. The van der Waals surface area contributed by atoms with Gasteiger partial charge in [0.2, 0.25) is 0 Å². The quantitative estimate of drug-likeness (QED) is 0.296. The van der Waals surface area contributed by atoms with Crippen molar-refractivity contribution >= 4 is 17.4 Å². The van der Waals surface area contributed by atoms with E-state index < -0.39 is 0 Å². The maximum atomic E-state index is 2.56. The van der Waals surface area contributed by atoms with Gasteiger partial charge in [0.05, 0.1) is 0 Å². The number of unbranched alkanes of at least 4 members (excludes halogenated alkanes) is 10. The monoisotopic (exact) mass is 346 g/mol. The summed E-state index contributed by atoms with van der Waals surface area (Å²) in [4.78, 5) is 1.53. The predicted octanol–water partition coefficient (Wildman–Crippen LogP) is 8.51. The molecule has 24 heavy (non-hydrogen) atoms. The molecule has 136 valence electrons. The number of allylic oxidation sites excluding steroid dienone is 1. The van der Waals surface area contributed by atoms with Gasteiger partial charge < -0.3 is 0 Å². The molecule has 0 atom stereocenters. The summed E-state index contributed by atoms with van der Waals surface area (Å²) in [6.45, 7) is 4.61. The molecule has 0 nitrogen and oxygen atoms in total. The van der Waals surface area contributed by atoms with Gasteiger partial charge in [-0.3, -0.25) is 0 Å². The first kappa shape index (κ1) is 19.8. The maximum Gasteiger partial charge on any atom is 0.0308 e. The Morgan fingerprint density at radius 2 is 1.29 bits per heavy atom.